The van der Waals surface area contributed by atoms with Crippen molar-refractivity contribution in [2.24, 2.45) is 4.99 Å². The van der Waals surface area contributed by atoms with E-state index in [9.17, 15) is 4.79 Å². The molecule has 1 heterocycles. The van der Waals surface area contributed by atoms with Crippen LogP contribution in [-0.4, -0.2) is 11.7 Å². The van der Waals surface area contributed by atoms with Crippen LogP contribution in [0.1, 0.15) is 24.1 Å². The van der Waals surface area contributed by atoms with Crippen LogP contribution in [-0.2, 0) is 9.63 Å². The zero-order valence-corrected chi connectivity index (χ0v) is 13.7. The van der Waals surface area contributed by atoms with Gasteiger partial charge < -0.3 is 10.2 Å². The van der Waals surface area contributed by atoms with Crippen molar-refractivity contribution < 1.29 is 9.63 Å². The minimum absolute atomic E-state index is 0.180. The first-order chi connectivity index (χ1) is 11.6. The number of benzene rings is 2. The van der Waals surface area contributed by atoms with E-state index in [0.29, 0.717) is 10.9 Å². The molecule has 0 saturated heterocycles. The first-order valence-electron chi connectivity index (χ1n) is 7.46. The zero-order valence-electron chi connectivity index (χ0n) is 13.0. The molecular formula is C18H16ClN3O2. The highest BCUT2D eigenvalue weighted by molar-refractivity contribution is 6.30. The van der Waals surface area contributed by atoms with Crippen LogP contribution < -0.4 is 10.8 Å². The Morgan fingerprint density at radius 1 is 1.17 bits per heavy atom. The van der Waals surface area contributed by atoms with Crippen LogP contribution in [0.4, 0.5) is 0 Å². The first kappa shape index (κ1) is 16.1. The maximum Gasteiger partial charge on any atom is 0.273 e. The number of aliphatic imine (C=N–C) groups is 1. The summed E-state index contributed by atoms with van der Waals surface area (Å²) >= 11 is 5.88. The summed E-state index contributed by atoms with van der Waals surface area (Å²) in [6.45, 7) is 1.89. The largest absolute Gasteiger partial charge is 0.386 e. The summed E-state index contributed by atoms with van der Waals surface area (Å²) in [6, 6.07) is 16.6. The van der Waals surface area contributed by atoms with Gasteiger partial charge in [0.25, 0.3) is 5.91 Å². The Balaban J connectivity index is 1.71. The van der Waals surface area contributed by atoms with Gasteiger partial charge in [-0.3, -0.25) is 4.79 Å². The van der Waals surface area contributed by atoms with Crippen molar-refractivity contribution in [3.8, 4) is 0 Å². The lowest BCUT2D eigenvalue weighted by Gasteiger charge is -2.18. The molecule has 2 aromatic carbocycles. The predicted octanol–water partition coefficient (Wildman–Crippen LogP) is 3.34. The predicted molar refractivity (Wildman–Crippen MR) is 93.3 cm³/mol. The molecule has 1 aliphatic rings. The fourth-order valence-electron chi connectivity index (χ4n) is 2.24. The van der Waals surface area contributed by atoms with Gasteiger partial charge in [-0.15, -0.1) is 0 Å². The van der Waals surface area contributed by atoms with Gasteiger partial charge in [-0.1, -0.05) is 54.1 Å². The fourth-order valence-corrected chi connectivity index (χ4v) is 2.37. The number of rotatable bonds is 4. The fraction of sp³-hybridized carbons (Fsp3) is 0.111. The van der Waals surface area contributed by atoms with Crippen molar-refractivity contribution in [3.63, 3.8) is 0 Å². The van der Waals surface area contributed by atoms with Gasteiger partial charge in [0, 0.05) is 10.6 Å². The number of carbonyl (C=O) groups excluding carboxylic acids is 1. The van der Waals surface area contributed by atoms with Gasteiger partial charge in [-0.2, -0.15) is 0 Å². The van der Waals surface area contributed by atoms with Crippen LogP contribution in [0.15, 0.2) is 71.5 Å². The highest BCUT2D eigenvalue weighted by Gasteiger charge is 2.18. The Morgan fingerprint density at radius 2 is 1.88 bits per heavy atom. The van der Waals surface area contributed by atoms with E-state index in [1.54, 1.807) is 12.1 Å². The molecule has 5 nitrogen and oxygen atoms in total. The Hall–Kier alpha value is -2.79. The van der Waals surface area contributed by atoms with Crippen LogP contribution in [0.3, 0.4) is 0 Å². The highest BCUT2D eigenvalue weighted by atomic mass is 35.5. The van der Waals surface area contributed by atoms with Crippen LogP contribution in [0, 0.1) is 0 Å². The summed E-state index contributed by atoms with van der Waals surface area (Å²) in [5.41, 5.74) is 4.68. The van der Waals surface area contributed by atoms with Crippen molar-refractivity contribution in [2.75, 3.05) is 0 Å². The number of amidine groups is 1. The van der Waals surface area contributed by atoms with Crippen molar-refractivity contribution in [1.29, 1.82) is 0 Å². The molecule has 1 amide bonds. The molecule has 24 heavy (non-hydrogen) atoms. The van der Waals surface area contributed by atoms with Gasteiger partial charge in [0.05, 0.1) is 6.04 Å². The summed E-state index contributed by atoms with van der Waals surface area (Å²) in [5, 5.41) is 3.55. The van der Waals surface area contributed by atoms with Crippen molar-refractivity contribution in [1.82, 2.24) is 10.8 Å². The molecule has 0 saturated carbocycles. The Bertz CT molecular complexity index is 786. The number of nitrogens with zero attached hydrogens (tertiary/aromatic N) is 1. The lowest BCUT2D eigenvalue weighted by atomic mass is 10.1. The number of amides is 1. The average Bonchev–Trinajstić information content (AvgIpc) is 2.63. The van der Waals surface area contributed by atoms with E-state index < -0.39 is 0 Å². The second-order valence-corrected chi connectivity index (χ2v) is 5.73. The highest BCUT2D eigenvalue weighted by Crippen LogP contribution is 2.17. The summed E-state index contributed by atoms with van der Waals surface area (Å²) in [5.74, 6) is 0.176. The normalized spacial score (nSPS) is 14.6. The minimum Gasteiger partial charge on any atom is -0.386 e. The van der Waals surface area contributed by atoms with Gasteiger partial charge in [-0.05, 0) is 24.6 Å². The second-order valence-electron chi connectivity index (χ2n) is 5.30. The quantitative estimate of drug-likeness (QED) is 0.896. The van der Waals surface area contributed by atoms with Gasteiger partial charge in [0.1, 0.15) is 0 Å². The Labute approximate surface area is 145 Å². The molecule has 1 aliphatic heterocycles. The topological polar surface area (TPSA) is 62.7 Å². The van der Waals surface area contributed by atoms with Crippen molar-refractivity contribution in [3.05, 3.63) is 82.7 Å². The number of hydrogen-bond donors (Lipinski definition) is 2. The van der Waals surface area contributed by atoms with Crippen LogP contribution >= 0.6 is 11.6 Å². The lowest BCUT2D eigenvalue weighted by Crippen LogP contribution is -2.32. The summed E-state index contributed by atoms with van der Waals surface area (Å²) in [6.07, 6.45) is 1.29. The average molecular weight is 342 g/mol. The molecule has 122 valence electrons. The van der Waals surface area contributed by atoms with E-state index in [1.807, 2.05) is 49.4 Å². The first-order valence-corrected chi connectivity index (χ1v) is 7.83. The van der Waals surface area contributed by atoms with Crippen LogP contribution in [0.2, 0.25) is 5.02 Å². The molecule has 0 unspecified atom stereocenters. The molecule has 0 bridgehead atoms. The van der Waals surface area contributed by atoms with Crippen molar-refractivity contribution >= 4 is 23.3 Å². The second kappa shape index (κ2) is 7.19. The number of carbonyl (C=O) groups is 1. The third-order valence-corrected chi connectivity index (χ3v) is 3.81. The van der Waals surface area contributed by atoms with E-state index in [-0.39, 0.29) is 17.6 Å². The molecule has 3 rings (SSSR count). The smallest absolute Gasteiger partial charge is 0.273 e. The van der Waals surface area contributed by atoms with Gasteiger partial charge in [-0.25, -0.2) is 10.5 Å². The number of nitrogens with one attached hydrogen (secondary N) is 2. The molecule has 2 aromatic rings. The van der Waals surface area contributed by atoms with E-state index in [2.05, 4.69) is 15.8 Å². The summed E-state index contributed by atoms with van der Waals surface area (Å²) in [7, 11) is 0. The Morgan fingerprint density at radius 3 is 2.58 bits per heavy atom. The molecule has 0 radical (unpaired) electrons. The maximum absolute atomic E-state index is 12.4. The van der Waals surface area contributed by atoms with Gasteiger partial charge >= 0.3 is 0 Å². The molecule has 6 heteroatoms. The minimum atomic E-state index is -0.313. The van der Waals surface area contributed by atoms with E-state index in [4.69, 9.17) is 16.4 Å². The molecular weight excluding hydrogens is 326 g/mol. The number of hydrogen-bond acceptors (Lipinski definition) is 4. The van der Waals surface area contributed by atoms with Gasteiger partial charge in [0.15, 0.2) is 17.8 Å². The summed E-state index contributed by atoms with van der Waals surface area (Å²) < 4.78 is 0. The Kier molecular flexibility index (Phi) is 4.82. The van der Waals surface area contributed by atoms with Crippen LogP contribution in [0.5, 0.6) is 0 Å². The molecule has 0 aromatic heterocycles. The standard InChI is InChI=1S/C18H16ClN3O2/c1-12(13-7-9-15(19)10-8-13)20-18(23)16-11-24-22-17(21-16)14-5-3-2-4-6-14/h2-12H,1H3,(H,20,23)(H,21,22)/t12-/m1/s1. The monoisotopic (exact) mass is 341 g/mol. The molecule has 0 spiro atoms. The van der Waals surface area contributed by atoms with Gasteiger partial charge in [0.2, 0.25) is 0 Å². The SMILES string of the molecule is C[C@@H](NC(=O)C1=CONC(c2ccccc2)=N1)c1ccc(Cl)cc1. The maximum atomic E-state index is 12.4. The third-order valence-electron chi connectivity index (χ3n) is 3.56. The zero-order chi connectivity index (χ0) is 16.9. The molecule has 0 aliphatic carbocycles. The number of hydroxylamine groups is 1. The number of halogens is 1. The van der Waals surface area contributed by atoms with E-state index in [1.165, 1.54) is 6.26 Å². The van der Waals surface area contributed by atoms with E-state index in [0.717, 1.165) is 11.1 Å². The van der Waals surface area contributed by atoms with E-state index >= 15 is 0 Å². The molecule has 1 atom stereocenters. The molecule has 2 N–H and O–H groups in total. The lowest BCUT2D eigenvalue weighted by molar-refractivity contribution is -0.118. The summed E-state index contributed by atoms with van der Waals surface area (Å²) in [4.78, 5) is 21.9. The molecule has 0 fully saturated rings. The van der Waals surface area contributed by atoms with Crippen molar-refractivity contribution in [2.45, 2.75) is 13.0 Å². The third kappa shape index (κ3) is 3.75. The van der Waals surface area contributed by atoms with Crippen LogP contribution in [0.25, 0.3) is 0 Å².